The number of carboxylic acid groups (broad SMARTS) is 1. The van der Waals surface area contributed by atoms with Gasteiger partial charge in [-0.25, -0.2) is 9.78 Å². The highest BCUT2D eigenvalue weighted by Crippen LogP contribution is 2.31. The number of thiazole rings is 1. The van der Waals surface area contributed by atoms with Crippen molar-refractivity contribution in [3.05, 3.63) is 46.5 Å². The van der Waals surface area contributed by atoms with Crippen LogP contribution >= 0.6 is 11.3 Å². The number of fused-ring (bicyclic) bond motifs is 1. The molecule has 2 aromatic rings. The van der Waals surface area contributed by atoms with Crippen LogP contribution in [0.15, 0.2) is 30.5 Å². The zero-order valence-electron chi connectivity index (χ0n) is 10.7. The molecule has 0 amide bonds. The number of aliphatic hydroxyl groups excluding tert-OH is 1. The quantitative estimate of drug-likeness (QED) is 0.887. The van der Waals surface area contributed by atoms with E-state index in [-0.39, 0.29) is 4.88 Å². The summed E-state index contributed by atoms with van der Waals surface area (Å²) in [5.41, 5.74) is 2.01. The van der Waals surface area contributed by atoms with E-state index in [4.69, 9.17) is 5.11 Å². The van der Waals surface area contributed by atoms with Crippen LogP contribution in [0.1, 0.15) is 33.3 Å². The Morgan fingerprint density at radius 3 is 2.95 bits per heavy atom. The van der Waals surface area contributed by atoms with Crippen LogP contribution in [0.5, 0.6) is 0 Å². The number of aromatic carboxylic acids is 1. The number of hydrogen-bond acceptors (Lipinski definition) is 5. The van der Waals surface area contributed by atoms with Crippen LogP contribution in [0.3, 0.4) is 0 Å². The second kappa shape index (κ2) is 5.22. The third-order valence-electron chi connectivity index (χ3n) is 3.42. The van der Waals surface area contributed by atoms with Gasteiger partial charge in [0.1, 0.15) is 4.88 Å². The van der Waals surface area contributed by atoms with Crippen LogP contribution < -0.4 is 4.90 Å². The standard InChI is InChI=1S/C14H14N2O3S/c17-11-5-6-16(8-9-3-1-2-4-10(9)11)14-15-7-12(20-14)13(18)19/h1-4,7,11,17H,5-6,8H2,(H,18,19). The topological polar surface area (TPSA) is 73.7 Å². The van der Waals surface area contributed by atoms with Gasteiger partial charge in [-0.15, -0.1) is 0 Å². The van der Waals surface area contributed by atoms with E-state index in [0.29, 0.717) is 24.6 Å². The molecular formula is C14H14N2O3S. The van der Waals surface area contributed by atoms with Gasteiger partial charge in [-0.1, -0.05) is 35.6 Å². The molecule has 0 saturated heterocycles. The summed E-state index contributed by atoms with van der Waals surface area (Å²) in [5, 5.41) is 19.8. The van der Waals surface area contributed by atoms with Gasteiger partial charge >= 0.3 is 5.97 Å². The third-order valence-corrected chi connectivity index (χ3v) is 4.47. The Labute approximate surface area is 120 Å². The molecule has 1 atom stereocenters. The molecule has 6 heteroatoms. The molecule has 2 heterocycles. The summed E-state index contributed by atoms with van der Waals surface area (Å²) in [4.78, 5) is 17.4. The molecule has 0 fully saturated rings. The molecule has 1 unspecified atom stereocenters. The molecule has 1 aliphatic rings. The van der Waals surface area contributed by atoms with E-state index in [1.54, 1.807) is 0 Å². The maximum absolute atomic E-state index is 10.9. The highest BCUT2D eigenvalue weighted by Gasteiger charge is 2.22. The average molecular weight is 290 g/mol. The van der Waals surface area contributed by atoms with Crippen molar-refractivity contribution in [1.82, 2.24) is 4.98 Å². The molecule has 2 N–H and O–H groups in total. The number of carbonyl (C=O) groups is 1. The molecular weight excluding hydrogens is 276 g/mol. The van der Waals surface area contributed by atoms with Gasteiger partial charge in [0, 0.05) is 13.1 Å². The maximum Gasteiger partial charge on any atom is 0.347 e. The van der Waals surface area contributed by atoms with Gasteiger partial charge in [-0.3, -0.25) is 0 Å². The molecule has 0 radical (unpaired) electrons. The van der Waals surface area contributed by atoms with Crippen molar-refractivity contribution in [1.29, 1.82) is 0 Å². The van der Waals surface area contributed by atoms with Crippen molar-refractivity contribution in [2.45, 2.75) is 19.1 Å². The van der Waals surface area contributed by atoms with E-state index in [0.717, 1.165) is 11.1 Å². The first-order chi connectivity index (χ1) is 9.65. The monoisotopic (exact) mass is 290 g/mol. The number of aromatic nitrogens is 1. The number of hydrogen-bond donors (Lipinski definition) is 2. The van der Waals surface area contributed by atoms with Crippen molar-refractivity contribution in [3.63, 3.8) is 0 Å². The van der Waals surface area contributed by atoms with Crippen molar-refractivity contribution in [2.24, 2.45) is 0 Å². The third kappa shape index (κ3) is 2.39. The molecule has 20 heavy (non-hydrogen) atoms. The number of aliphatic hydroxyl groups is 1. The van der Waals surface area contributed by atoms with Gasteiger partial charge in [-0.05, 0) is 17.5 Å². The van der Waals surface area contributed by atoms with Gasteiger partial charge < -0.3 is 15.1 Å². The highest BCUT2D eigenvalue weighted by molar-refractivity contribution is 7.17. The molecule has 104 valence electrons. The lowest BCUT2D eigenvalue weighted by Gasteiger charge is -2.19. The Balaban J connectivity index is 1.90. The van der Waals surface area contributed by atoms with Gasteiger partial charge in [0.15, 0.2) is 5.13 Å². The fraction of sp³-hybridized carbons (Fsp3) is 0.286. The van der Waals surface area contributed by atoms with Crippen LogP contribution in [0.25, 0.3) is 0 Å². The summed E-state index contributed by atoms with van der Waals surface area (Å²) in [6, 6.07) is 7.79. The van der Waals surface area contributed by atoms with Crippen molar-refractivity contribution in [3.8, 4) is 0 Å². The number of anilines is 1. The first kappa shape index (κ1) is 13.1. The maximum atomic E-state index is 10.9. The molecule has 1 aromatic carbocycles. The van der Waals surface area contributed by atoms with E-state index in [2.05, 4.69) is 4.98 Å². The van der Waals surface area contributed by atoms with E-state index in [1.807, 2.05) is 29.2 Å². The van der Waals surface area contributed by atoms with Crippen molar-refractivity contribution in [2.75, 3.05) is 11.4 Å². The lowest BCUT2D eigenvalue weighted by Crippen LogP contribution is -2.22. The lowest BCUT2D eigenvalue weighted by molar-refractivity contribution is 0.0702. The Hall–Kier alpha value is -1.92. The molecule has 5 nitrogen and oxygen atoms in total. The van der Waals surface area contributed by atoms with E-state index < -0.39 is 12.1 Å². The van der Waals surface area contributed by atoms with Crippen LogP contribution in [0.4, 0.5) is 5.13 Å². The summed E-state index contributed by atoms with van der Waals surface area (Å²) in [6.07, 6.45) is 1.52. The number of carboxylic acids is 1. The number of benzene rings is 1. The summed E-state index contributed by atoms with van der Waals surface area (Å²) < 4.78 is 0. The van der Waals surface area contributed by atoms with Crippen LogP contribution in [0.2, 0.25) is 0 Å². The summed E-state index contributed by atoms with van der Waals surface area (Å²) in [6.45, 7) is 1.29. The van der Waals surface area contributed by atoms with Gasteiger partial charge in [0.25, 0.3) is 0 Å². The SMILES string of the molecule is O=C(O)c1cnc(N2CCC(O)c3ccccc3C2)s1. The minimum atomic E-state index is -0.955. The Bertz CT molecular complexity index is 641. The minimum Gasteiger partial charge on any atom is -0.477 e. The lowest BCUT2D eigenvalue weighted by atomic mass is 10.0. The second-order valence-corrected chi connectivity index (χ2v) is 5.75. The normalized spacial score (nSPS) is 18.4. The molecule has 0 bridgehead atoms. The molecule has 0 aliphatic carbocycles. The fourth-order valence-corrected chi connectivity index (χ4v) is 3.17. The molecule has 1 aromatic heterocycles. The molecule has 0 saturated carbocycles. The predicted molar refractivity (Wildman–Crippen MR) is 76.1 cm³/mol. The number of nitrogens with zero attached hydrogens (tertiary/aromatic N) is 2. The Morgan fingerprint density at radius 2 is 2.20 bits per heavy atom. The van der Waals surface area contributed by atoms with Gasteiger partial charge in [0.2, 0.25) is 0 Å². The number of rotatable bonds is 2. The van der Waals surface area contributed by atoms with Crippen LogP contribution in [-0.2, 0) is 6.54 Å². The van der Waals surface area contributed by atoms with Crippen molar-refractivity contribution >= 4 is 22.4 Å². The Morgan fingerprint density at radius 1 is 1.40 bits per heavy atom. The second-order valence-electron chi connectivity index (χ2n) is 4.74. The van der Waals surface area contributed by atoms with E-state index in [1.165, 1.54) is 17.5 Å². The van der Waals surface area contributed by atoms with E-state index in [9.17, 15) is 9.90 Å². The fourth-order valence-electron chi connectivity index (χ4n) is 2.39. The van der Waals surface area contributed by atoms with Gasteiger partial charge in [0.05, 0.1) is 12.3 Å². The average Bonchev–Trinajstić information content (AvgIpc) is 2.87. The zero-order valence-corrected chi connectivity index (χ0v) is 11.5. The minimum absolute atomic E-state index is 0.234. The molecule has 0 spiro atoms. The predicted octanol–water partition coefficient (Wildman–Crippen LogP) is 2.29. The highest BCUT2D eigenvalue weighted by atomic mass is 32.1. The smallest absolute Gasteiger partial charge is 0.347 e. The molecule has 3 rings (SSSR count). The Kier molecular flexibility index (Phi) is 3.42. The van der Waals surface area contributed by atoms with Crippen molar-refractivity contribution < 1.29 is 15.0 Å². The molecule has 1 aliphatic heterocycles. The largest absolute Gasteiger partial charge is 0.477 e. The van der Waals surface area contributed by atoms with Gasteiger partial charge in [-0.2, -0.15) is 0 Å². The first-order valence-corrected chi connectivity index (χ1v) is 7.17. The summed E-state index contributed by atoms with van der Waals surface area (Å²) in [7, 11) is 0. The van der Waals surface area contributed by atoms with Crippen LogP contribution in [0, 0.1) is 0 Å². The zero-order chi connectivity index (χ0) is 14.1. The summed E-state index contributed by atoms with van der Waals surface area (Å²) >= 11 is 1.17. The van der Waals surface area contributed by atoms with Crippen LogP contribution in [-0.4, -0.2) is 27.7 Å². The summed E-state index contributed by atoms with van der Waals surface area (Å²) in [5.74, 6) is -0.955. The first-order valence-electron chi connectivity index (χ1n) is 6.35. The van der Waals surface area contributed by atoms with E-state index >= 15 is 0 Å².